The Labute approximate surface area is 182 Å². The van der Waals surface area contributed by atoms with Gasteiger partial charge < -0.3 is 20.4 Å². The molecule has 9 heteroatoms. The minimum Gasteiger partial charge on any atom is -0.328 e. The molecule has 0 unspecified atom stereocenters. The van der Waals surface area contributed by atoms with Gasteiger partial charge in [-0.05, 0) is 63.0 Å². The van der Waals surface area contributed by atoms with Crippen molar-refractivity contribution in [2.45, 2.75) is 33.1 Å². The van der Waals surface area contributed by atoms with E-state index in [4.69, 9.17) is 5.26 Å². The molecule has 1 heterocycles. The fourth-order valence-corrected chi connectivity index (χ4v) is 3.13. The van der Waals surface area contributed by atoms with E-state index in [0.29, 0.717) is 24.2 Å². The lowest BCUT2D eigenvalue weighted by Gasteiger charge is -2.20. The molecule has 2 amide bonds. The van der Waals surface area contributed by atoms with Gasteiger partial charge in [0.2, 0.25) is 6.40 Å². The van der Waals surface area contributed by atoms with Crippen molar-refractivity contribution in [3.63, 3.8) is 0 Å². The first-order valence-corrected chi connectivity index (χ1v) is 10.3. The van der Waals surface area contributed by atoms with Crippen LogP contribution in [0, 0.1) is 12.7 Å². The number of hydrogen-bond acceptors (Lipinski definition) is 6. The van der Waals surface area contributed by atoms with E-state index < -0.39 is 11.8 Å². The Morgan fingerprint density at radius 2 is 2.10 bits per heavy atom. The zero-order valence-corrected chi connectivity index (χ0v) is 18.0. The van der Waals surface area contributed by atoms with Crippen LogP contribution >= 0.6 is 0 Å². The highest BCUT2D eigenvalue weighted by atomic mass is 19.1. The van der Waals surface area contributed by atoms with Gasteiger partial charge in [0.25, 0.3) is 0 Å². The van der Waals surface area contributed by atoms with Gasteiger partial charge in [0, 0.05) is 12.2 Å². The number of amides is 2. The Balaban J connectivity index is 1.88. The second-order valence-corrected chi connectivity index (χ2v) is 7.11. The molecule has 1 aromatic carbocycles. The van der Waals surface area contributed by atoms with E-state index in [9.17, 15) is 9.18 Å². The maximum absolute atomic E-state index is 14.9. The molecule has 2 aromatic rings. The molecule has 0 spiro atoms. The fraction of sp³-hybridized carbons (Fsp3) is 0.409. The molecular formula is C22H30FN5O3. The maximum atomic E-state index is 14.9. The molecule has 0 fully saturated rings. The zero-order chi connectivity index (χ0) is 22.5. The lowest BCUT2D eigenvalue weighted by molar-refractivity contribution is -0.147. The first-order valence-electron chi connectivity index (χ1n) is 10.3. The maximum Gasteiger partial charge on any atom is 0.323 e. The van der Waals surface area contributed by atoms with Crippen LogP contribution in [0.2, 0.25) is 0 Å². The molecular weight excluding hydrogens is 401 g/mol. The van der Waals surface area contributed by atoms with Crippen molar-refractivity contribution in [2.75, 3.05) is 36.8 Å². The van der Waals surface area contributed by atoms with Crippen molar-refractivity contribution < 1.29 is 19.3 Å². The van der Waals surface area contributed by atoms with Crippen molar-refractivity contribution in [1.29, 1.82) is 0 Å². The number of pyridine rings is 1. The second kappa shape index (κ2) is 13.3. The van der Waals surface area contributed by atoms with Gasteiger partial charge in [-0.2, -0.15) is 0 Å². The van der Waals surface area contributed by atoms with Crippen LogP contribution < -0.4 is 10.6 Å². The standard InChI is InChI=1S/C22H30FN5O3/c1-3-12-28(14-11-24-16-31-30)13-5-7-18-6-4-8-20(21(18)23)27-22(29)26-19-10-9-17(2)25-15-19/h4,6,8-10,15-16,30H,3,5,7,11-14H2,1-2H3,(H2,26,27,29). The lowest BCUT2D eigenvalue weighted by Crippen LogP contribution is -2.29. The fourth-order valence-electron chi connectivity index (χ4n) is 3.13. The quantitative estimate of drug-likeness (QED) is 0.201. The van der Waals surface area contributed by atoms with Gasteiger partial charge in [0.05, 0.1) is 24.1 Å². The van der Waals surface area contributed by atoms with Crippen LogP contribution in [0.3, 0.4) is 0 Å². The van der Waals surface area contributed by atoms with Crippen LogP contribution in [0.25, 0.3) is 0 Å². The second-order valence-electron chi connectivity index (χ2n) is 7.11. The molecule has 31 heavy (non-hydrogen) atoms. The SMILES string of the molecule is CCCN(CCCc1cccc(NC(=O)Nc2ccc(C)nc2)c1F)CCN=COO. The number of carbonyl (C=O) groups excluding carboxylic acids is 1. The predicted molar refractivity (Wildman–Crippen MR) is 120 cm³/mol. The molecule has 168 valence electrons. The van der Waals surface area contributed by atoms with Gasteiger partial charge in [-0.25, -0.2) is 14.4 Å². The van der Waals surface area contributed by atoms with Crippen molar-refractivity contribution in [3.8, 4) is 0 Å². The van der Waals surface area contributed by atoms with Crippen molar-refractivity contribution in [3.05, 3.63) is 53.6 Å². The number of hydrogen-bond donors (Lipinski definition) is 3. The summed E-state index contributed by atoms with van der Waals surface area (Å²) in [4.78, 5) is 26.3. The lowest BCUT2D eigenvalue weighted by atomic mass is 10.1. The zero-order valence-electron chi connectivity index (χ0n) is 18.0. The molecule has 2 rings (SSSR count). The molecule has 0 bridgehead atoms. The molecule has 0 aliphatic rings. The van der Waals surface area contributed by atoms with E-state index in [1.807, 2.05) is 6.92 Å². The highest BCUT2D eigenvalue weighted by molar-refractivity contribution is 5.99. The predicted octanol–water partition coefficient (Wildman–Crippen LogP) is 4.34. The molecule has 0 saturated carbocycles. The van der Waals surface area contributed by atoms with Crippen molar-refractivity contribution >= 4 is 23.8 Å². The Morgan fingerprint density at radius 1 is 1.26 bits per heavy atom. The molecule has 0 radical (unpaired) electrons. The van der Waals surface area contributed by atoms with Crippen LogP contribution in [0.15, 0.2) is 41.5 Å². The molecule has 0 aliphatic carbocycles. The number of benzene rings is 1. The Morgan fingerprint density at radius 3 is 2.81 bits per heavy atom. The third-order valence-corrected chi connectivity index (χ3v) is 4.62. The first kappa shape index (κ1) is 24.2. The normalized spacial score (nSPS) is 11.1. The molecule has 0 saturated heterocycles. The van der Waals surface area contributed by atoms with Crippen LogP contribution in [-0.4, -0.2) is 53.8 Å². The highest BCUT2D eigenvalue weighted by Crippen LogP contribution is 2.20. The summed E-state index contributed by atoms with van der Waals surface area (Å²) in [7, 11) is 0. The van der Waals surface area contributed by atoms with Gasteiger partial charge in [-0.15, -0.1) is 0 Å². The monoisotopic (exact) mass is 431 g/mol. The van der Waals surface area contributed by atoms with Crippen LogP contribution in [0.4, 0.5) is 20.6 Å². The summed E-state index contributed by atoms with van der Waals surface area (Å²) in [6, 6.07) is 7.99. The highest BCUT2D eigenvalue weighted by Gasteiger charge is 2.12. The number of anilines is 2. The van der Waals surface area contributed by atoms with E-state index in [2.05, 4.69) is 37.3 Å². The van der Waals surface area contributed by atoms with E-state index in [1.165, 1.54) is 6.07 Å². The number of nitrogens with one attached hydrogen (secondary N) is 2. The number of aromatic nitrogens is 1. The minimum absolute atomic E-state index is 0.138. The smallest absolute Gasteiger partial charge is 0.323 e. The summed E-state index contributed by atoms with van der Waals surface area (Å²) in [5, 5.41) is 13.5. The van der Waals surface area contributed by atoms with Gasteiger partial charge in [0.1, 0.15) is 5.82 Å². The number of halogens is 1. The summed E-state index contributed by atoms with van der Waals surface area (Å²) >= 11 is 0. The van der Waals surface area contributed by atoms with E-state index >= 15 is 0 Å². The summed E-state index contributed by atoms with van der Waals surface area (Å²) in [6.07, 6.45) is 4.87. The van der Waals surface area contributed by atoms with Crippen LogP contribution in [-0.2, 0) is 11.3 Å². The topological polar surface area (TPSA) is 99.1 Å². The number of carbonyl (C=O) groups is 1. The van der Waals surface area contributed by atoms with Crippen molar-refractivity contribution in [1.82, 2.24) is 9.88 Å². The first-order chi connectivity index (χ1) is 15.0. The molecule has 0 aliphatic heterocycles. The van der Waals surface area contributed by atoms with E-state index in [-0.39, 0.29) is 5.69 Å². The number of nitrogens with zero attached hydrogens (tertiary/aromatic N) is 3. The summed E-state index contributed by atoms with van der Waals surface area (Å²) < 4.78 is 14.9. The van der Waals surface area contributed by atoms with Gasteiger partial charge >= 0.3 is 6.03 Å². The number of rotatable bonds is 12. The van der Waals surface area contributed by atoms with Crippen molar-refractivity contribution in [2.24, 2.45) is 4.99 Å². The van der Waals surface area contributed by atoms with Gasteiger partial charge in [-0.1, -0.05) is 19.1 Å². The summed E-state index contributed by atoms with van der Waals surface area (Å²) in [5.41, 5.74) is 2.07. The average molecular weight is 432 g/mol. The molecule has 1 aromatic heterocycles. The van der Waals surface area contributed by atoms with Crippen LogP contribution in [0.5, 0.6) is 0 Å². The summed E-state index contributed by atoms with van der Waals surface area (Å²) in [6.45, 7) is 6.90. The van der Waals surface area contributed by atoms with E-state index in [1.54, 1.807) is 30.5 Å². The summed E-state index contributed by atoms with van der Waals surface area (Å²) in [5.74, 6) is -0.425. The number of aryl methyl sites for hydroxylation is 2. The Kier molecular flexibility index (Phi) is 10.4. The third-order valence-electron chi connectivity index (χ3n) is 4.62. The van der Waals surface area contributed by atoms with Gasteiger partial charge in [0.15, 0.2) is 0 Å². The van der Waals surface area contributed by atoms with Crippen LogP contribution in [0.1, 0.15) is 31.0 Å². The number of urea groups is 1. The number of aliphatic imine (C=N–C) groups is 1. The molecule has 3 N–H and O–H groups in total. The molecule has 0 atom stereocenters. The van der Waals surface area contributed by atoms with Gasteiger partial charge in [-0.3, -0.25) is 9.98 Å². The Bertz CT molecular complexity index is 846. The average Bonchev–Trinajstić information content (AvgIpc) is 2.75. The molecule has 8 nitrogen and oxygen atoms in total. The minimum atomic E-state index is -0.525. The third kappa shape index (κ3) is 8.69. The van der Waals surface area contributed by atoms with E-state index in [0.717, 1.165) is 44.6 Å². The Hall–Kier alpha value is -3.04. The largest absolute Gasteiger partial charge is 0.328 e.